The quantitative estimate of drug-likeness (QED) is 0.870. The molecule has 2 aromatic carbocycles. The van der Waals surface area contributed by atoms with Crippen molar-refractivity contribution < 1.29 is 0 Å². The third-order valence-electron chi connectivity index (χ3n) is 2.86. The Labute approximate surface area is 112 Å². The van der Waals surface area contributed by atoms with E-state index in [-0.39, 0.29) is 0 Å². The Balaban J connectivity index is 2.09. The van der Waals surface area contributed by atoms with Crippen molar-refractivity contribution >= 4 is 11.4 Å². The van der Waals surface area contributed by atoms with E-state index in [1.165, 1.54) is 0 Å². The van der Waals surface area contributed by atoms with Crippen LogP contribution in [0.25, 0.3) is 0 Å². The van der Waals surface area contributed by atoms with Crippen LogP contribution in [-0.2, 0) is 0 Å². The number of aliphatic imine (C=N–C) groups is 1. The largest absolute Gasteiger partial charge is 0.261 e. The first kappa shape index (κ1) is 11.4. The van der Waals surface area contributed by atoms with Crippen molar-refractivity contribution in [3.05, 3.63) is 84.2 Å². The van der Waals surface area contributed by atoms with Gasteiger partial charge in [0.25, 0.3) is 0 Å². The Morgan fingerprint density at radius 2 is 1.26 bits per heavy atom. The van der Waals surface area contributed by atoms with E-state index < -0.39 is 0 Å². The second-order valence-corrected chi connectivity index (χ2v) is 4.21. The molecule has 0 atom stereocenters. The Kier molecular flexibility index (Phi) is 2.94. The molecule has 0 saturated heterocycles. The molecule has 0 unspecified atom stereocenters. The van der Waals surface area contributed by atoms with Crippen LogP contribution < -0.4 is 5.43 Å². The van der Waals surface area contributed by atoms with Gasteiger partial charge in [-0.15, -0.1) is 0 Å². The number of benzene rings is 2. The van der Waals surface area contributed by atoms with E-state index in [1.54, 1.807) is 0 Å². The highest BCUT2D eigenvalue weighted by atomic mass is 15.4. The Morgan fingerprint density at radius 1 is 0.737 bits per heavy atom. The number of nitrogens with zero attached hydrogens (tertiary/aromatic N) is 2. The monoisotopic (exact) mass is 247 g/mol. The third kappa shape index (κ3) is 2.31. The van der Waals surface area contributed by atoms with Gasteiger partial charge in [0.2, 0.25) is 0 Å². The molecule has 0 radical (unpaired) electrons. The van der Waals surface area contributed by atoms with Crippen LogP contribution in [0, 0.1) is 0 Å². The van der Waals surface area contributed by atoms with Gasteiger partial charge in [-0.2, -0.15) is 5.10 Å². The summed E-state index contributed by atoms with van der Waals surface area (Å²) in [5.41, 5.74) is 6.58. The predicted octanol–water partition coefficient (Wildman–Crippen LogP) is 2.95. The maximum Gasteiger partial charge on any atom is 0.139 e. The molecular formula is C16H13N3. The molecule has 1 N–H and O–H groups in total. The lowest BCUT2D eigenvalue weighted by Gasteiger charge is -2.16. The zero-order chi connectivity index (χ0) is 13.1. The number of nitrogens with one attached hydrogen (secondary N) is 1. The summed E-state index contributed by atoms with van der Waals surface area (Å²) in [7, 11) is 0. The smallest absolute Gasteiger partial charge is 0.139 e. The highest BCUT2D eigenvalue weighted by Crippen LogP contribution is 2.14. The van der Waals surface area contributed by atoms with Gasteiger partial charge in [0, 0.05) is 11.1 Å². The van der Waals surface area contributed by atoms with Gasteiger partial charge in [-0.25, -0.2) is 4.99 Å². The van der Waals surface area contributed by atoms with Crippen molar-refractivity contribution in [1.29, 1.82) is 0 Å². The number of hydrogen-bond acceptors (Lipinski definition) is 3. The third-order valence-corrected chi connectivity index (χ3v) is 2.86. The minimum Gasteiger partial charge on any atom is -0.261 e. The maximum absolute atomic E-state index is 4.49. The Bertz CT molecular complexity index is 655. The normalized spacial score (nSPS) is 14.4. The van der Waals surface area contributed by atoms with Crippen molar-refractivity contribution in [2.24, 2.45) is 10.1 Å². The van der Waals surface area contributed by atoms with Crippen LogP contribution in [0.2, 0.25) is 0 Å². The van der Waals surface area contributed by atoms with Crippen LogP contribution in [0.1, 0.15) is 11.1 Å². The lowest BCUT2D eigenvalue weighted by molar-refractivity contribution is 0.869. The molecule has 0 fully saturated rings. The zero-order valence-corrected chi connectivity index (χ0v) is 10.4. The Morgan fingerprint density at radius 3 is 1.84 bits per heavy atom. The van der Waals surface area contributed by atoms with Gasteiger partial charge in [-0.3, -0.25) is 5.43 Å². The summed E-state index contributed by atoms with van der Waals surface area (Å²) in [6, 6.07) is 20.0. The van der Waals surface area contributed by atoms with Gasteiger partial charge in [0.15, 0.2) is 0 Å². The van der Waals surface area contributed by atoms with Crippen LogP contribution >= 0.6 is 0 Å². The van der Waals surface area contributed by atoms with Gasteiger partial charge in [-0.05, 0) is 0 Å². The fourth-order valence-electron chi connectivity index (χ4n) is 1.98. The van der Waals surface area contributed by atoms with Gasteiger partial charge in [0.05, 0.1) is 0 Å². The first-order valence-electron chi connectivity index (χ1n) is 6.07. The van der Waals surface area contributed by atoms with E-state index in [0.29, 0.717) is 5.82 Å². The van der Waals surface area contributed by atoms with Crippen molar-refractivity contribution in [1.82, 2.24) is 5.43 Å². The fourth-order valence-corrected chi connectivity index (χ4v) is 1.98. The average molecular weight is 247 g/mol. The molecule has 0 spiro atoms. The zero-order valence-electron chi connectivity index (χ0n) is 10.4. The van der Waals surface area contributed by atoms with Crippen molar-refractivity contribution in [3.8, 4) is 0 Å². The molecule has 0 aromatic heterocycles. The lowest BCUT2D eigenvalue weighted by atomic mass is 9.99. The molecule has 1 aliphatic heterocycles. The number of hydrogen-bond donors (Lipinski definition) is 1. The predicted molar refractivity (Wildman–Crippen MR) is 78.2 cm³/mol. The van der Waals surface area contributed by atoms with Crippen molar-refractivity contribution in [2.75, 3.05) is 0 Å². The summed E-state index contributed by atoms with van der Waals surface area (Å²) in [5.74, 6) is 0.554. The van der Waals surface area contributed by atoms with Crippen molar-refractivity contribution in [3.63, 3.8) is 0 Å². The van der Waals surface area contributed by atoms with E-state index in [1.807, 2.05) is 60.7 Å². The number of hydrazone groups is 1. The summed E-state index contributed by atoms with van der Waals surface area (Å²) in [5, 5.41) is 4.37. The summed E-state index contributed by atoms with van der Waals surface area (Å²) in [6.07, 6.45) is 0. The van der Waals surface area contributed by atoms with Crippen LogP contribution in [0.4, 0.5) is 0 Å². The topological polar surface area (TPSA) is 36.8 Å². The van der Waals surface area contributed by atoms with Gasteiger partial charge in [-0.1, -0.05) is 67.2 Å². The average Bonchev–Trinajstić information content (AvgIpc) is 2.49. The summed E-state index contributed by atoms with van der Waals surface area (Å²) in [6.45, 7) is 3.81. The highest BCUT2D eigenvalue weighted by Gasteiger charge is 2.17. The molecule has 0 aliphatic carbocycles. The molecule has 0 bridgehead atoms. The Hall–Kier alpha value is -2.68. The van der Waals surface area contributed by atoms with E-state index >= 15 is 0 Å². The summed E-state index contributed by atoms with van der Waals surface area (Å²) >= 11 is 0. The van der Waals surface area contributed by atoms with Gasteiger partial charge < -0.3 is 0 Å². The van der Waals surface area contributed by atoms with E-state index in [0.717, 1.165) is 22.6 Å². The fraction of sp³-hybridized carbons (Fsp3) is 0. The lowest BCUT2D eigenvalue weighted by Crippen LogP contribution is -2.25. The second kappa shape index (κ2) is 4.90. The minimum absolute atomic E-state index is 0.554. The van der Waals surface area contributed by atoms with Crippen molar-refractivity contribution in [2.45, 2.75) is 0 Å². The minimum atomic E-state index is 0.554. The molecule has 1 heterocycles. The SMILES string of the molecule is C=C1N=C(c2ccccc2)C(c2ccccc2)=NN1. The molecule has 2 aromatic rings. The first-order valence-corrected chi connectivity index (χ1v) is 6.07. The molecule has 0 amide bonds. The second-order valence-electron chi connectivity index (χ2n) is 4.21. The molecular weight excluding hydrogens is 234 g/mol. The molecule has 3 rings (SSSR count). The standard InChI is InChI=1S/C16H13N3/c1-12-17-15(13-8-4-2-5-9-13)16(19-18-12)14-10-6-3-7-11-14/h2-11,18H,1H2. The maximum atomic E-state index is 4.49. The highest BCUT2D eigenvalue weighted by molar-refractivity contribution is 6.53. The van der Waals surface area contributed by atoms with Crippen LogP contribution in [0.5, 0.6) is 0 Å². The van der Waals surface area contributed by atoms with Gasteiger partial charge >= 0.3 is 0 Å². The molecule has 3 heteroatoms. The van der Waals surface area contributed by atoms with E-state index in [9.17, 15) is 0 Å². The molecule has 0 saturated carbocycles. The van der Waals surface area contributed by atoms with Crippen LogP contribution in [0.3, 0.4) is 0 Å². The van der Waals surface area contributed by atoms with E-state index in [2.05, 4.69) is 22.1 Å². The van der Waals surface area contributed by atoms with Crippen LogP contribution in [-0.4, -0.2) is 11.4 Å². The van der Waals surface area contributed by atoms with E-state index in [4.69, 9.17) is 0 Å². The molecule has 92 valence electrons. The molecule has 3 nitrogen and oxygen atoms in total. The summed E-state index contributed by atoms with van der Waals surface area (Å²) < 4.78 is 0. The van der Waals surface area contributed by atoms with Gasteiger partial charge in [0.1, 0.15) is 17.2 Å². The van der Waals surface area contributed by atoms with Crippen LogP contribution in [0.15, 0.2) is 83.2 Å². The molecule has 1 aliphatic rings. The first-order chi connectivity index (χ1) is 9.34. The summed E-state index contributed by atoms with van der Waals surface area (Å²) in [4.78, 5) is 4.49. The molecule has 19 heavy (non-hydrogen) atoms. The number of rotatable bonds is 2.